The van der Waals surface area contributed by atoms with Crippen molar-refractivity contribution in [3.63, 3.8) is 0 Å². The zero-order valence-corrected chi connectivity index (χ0v) is 18.3. The van der Waals surface area contributed by atoms with Crippen LogP contribution in [0.25, 0.3) is 22.0 Å². The molecule has 2 heterocycles. The van der Waals surface area contributed by atoms with Crippen LogP contribution >= 0.6 is 11.6 Å². The van der Waals surface area contributed by atoms with Gasteiger partial charge >= 0.3 is 0 Å². The number of anilines is 1. The van der Waals surface area contributed by atoms with Crippen LogP contribution in [0.1, 0.15) is 21.5 Å². The van der Waals surface area contributed by atoms with E-state index in [9.17, 15) is 4.79 Å². The van der Waals surface area contributed by atoms with Crippen LogP contribution in [0, 0.1) is 0 Å². The second kappa shape index (κ2) is 7.73. The van der Waals surface area contributed by atoms with E-state index >= 15 is 0 Å². The molecule has 0 bridgehead atoms. The molecule has 2 aliphatic rings. The number of carbonyl (C=O) groups is 1. The maximum Gasteiger partial charge on any atom is 0.195 e. The molecule has 0 N–H and O–H groups in total. The minimum Gasteiger partial charge on any atom is -0.353 e. The molecule has 0 amide bonds. The first-order chi connectivity index (χ1) is 15.7. The number of hydrogen-bond acceptors (Lipinski definition) is 4. The van der Waals surface area contributed by atoms with Crippen LogP contribution in [0.15, 0.2) is 72.8 Å². The molecule has 6 rings (SSSR count). The summed E-state index contributed by atoms with van der Waals surface area (Å²) in [4.78, 5) is 23.3. The Labute approximate surface area is 192 Å². The van der Waals surface area contributed by atoms with E-state index in [-0.39, 0.29) is 5.78 Å². The summed E-state index contributed by atoms with van der Waals surface area (Å²) in [5, 5.41) is 1.49. The second-order valence-electron chi connectivity index (χ2n) is 8.47. The van der Waals surface area contributed by atoms with Gasteiger partial charge in [0.05, 0.1) is 5.52 Å². The summed E-state index contributed by atoms with van der Waals surface area (Å²) in [6.07, 6.45) is 0. The zero-order valence-electron chi connectivity index (χ0n) is 17.6. The largest absolute Gasteiger partial charge is 0.353 e. The monoisotopic (exact) mass is 439 g/mol. The predicted molar refractivity (Wildman–Crippen MR) is 130 cm³/mol. The fraction of sp³-hybridized carbons (Fsp3) is 0.185. The van der Waals surface area contributed by atoms with E-state index in [0.717, 1.165) is 66.1 Å². The van der Waals surface area contributed by atoms with Crippen LogP contribution in [0.4, 0.5) is 5.82 Å². The summed E-state index contributed by atoms with van der Waals surface area (Å²) in [5.74, 6) is 0.951. The van der Waals surface area contributed by atoms with E-state index in [4.69, 9.17) is 16.6 Å². The molecular weight excluding hydrogens is 418 g/mol. The molecule has 32 heavy (non-hydrogen) atoms. The Morgan fingerprint density at radius 2 is 1.56 bits per heavy atom. The smallest absolute Gasteiger partial charge is 0.195 e. The molecule has 1 fully saturated rings. The molecule has 4 aromatic rings. The van der Waals surface area contributed by atoms with E-state index in [1.807, 2.05) is 36.4 Å². The van der Waals surface area contributed by atoms with Crippen LogP contribution in [-0.2, 0) is 6.54 Å². The molecule has 1 saturated heterocycles. The number of halogens is 1. The van der Waals surface area contributed by atoms with Gasteiger partial charge in [-0.05, 0) is 29.3 Å². The molecule has 4 nitrogen and oxygen atoms in total. The summed E-state index contributed by atoms with van der Waals surface area (Å²) in [7, 11) is 0. The van der Waals surface area contributed by atoms with Gasteiger partial charge < -0.3 is 4.90 Å². The van der Waals surface area contributed by atoms with Crippen molar-refractivity contribution < 1.29 is 4.79 Å². The third-order valence-corrected chi connectivity index (χ3v) is 6.75. The van der Waals surface area contributed by atoms with E-state index in [1.165, 1.54) is 5.56 Å². The summed E-state index contributed by atoms with van der Waals surface area (Å²) in [5.41, 5.74) is 5.53. The molecule has 0 radical (unpaired) electrons. The standard InChI is InChI=1S/C27H22ClN3O/c28-19-10-11-20-22(16-19)26(32)24-21-8-4-5-9-23(21)29-27(25(20)24)31-14-12-30(13-15-31)17-18-6-2-1-3-7-18/h1-11,16H,12-15,17H2. The average molecular weight is 440 g/mol. The van der Waals surface area contributed by atoms with Gasteiger partial charge in [-0.1, -0.05) is 66.2 Å². The van der Waals surface area contributed by atoms with Crippen molar-refractivity contribution >= 4 is 34.1 Å². The van der Waals surface area contributed by atoms with Crippen LogP contribution in [0.3, 0.4) is 0 Å². The lowest BCUT2D eigenvalue weighted by Gasteiger charge is -2.36. The first-order valence-corrected chi connectivity index (χ1v) is 11.4. The SMILES string of the molecule is O=C1c2cc(Cl)ccc2-c2c(N3CCN(Cc4ccccc4)CC3)nc3ccccc3c21. The molecule has 158 valence electrons. The molecule has 1 aliphatic carbocycles. The lowest BCUT2D eigenvalue weighted by Crippen LogP contribution is -2.46. The average Bonchev–Trinajstić information content (AvgIpc) is 3.12. The Balaban J connectivity index is 1.39. The lowest BCUT2D eigenvalue weighted by atomic mass is 10.0. The van der Waals surface area contributed by atoms with Gasteiger partial charge in [-0.25, -0.2) is 4.98 Å². The second-order valence-corrected chi connectivity index (χ2v) is 8.91. The normalized spacial score (nSPS) is 15.8. The van der Waals surface area contributed by atoms with Gasteiger partial charge in [0, 0.05) is 59.8 Å². The van der Waals surface area contributed by atoms with Crippen LogP contribution < -0.4 is 4.90 Å². The molecule has 0 unspecified atom stereocenters. The Morgan fingerprint density at radius 1 is 0.812 bits per heavy atom. The quantitative estimate of drug-likeness (QED) is 0.376. The van der Waals surface area contributed by atoms with Crippen molar-refractivity contribution in [1.29, 1.82) is 0 Å². The number of piperazine rings is 1. The predicted octanol–water partition coefficient (Wildman–Crippen LogP) is 5.42. The molecule has 0 atom stereocenters. The molecule has 0 saturated carbocycles. The van der Waals surface area contributed by atoms with Gasteiger partial charge in [-0.2, -0.15) is 0 Å². The number of fused-ring (bicyclic) bond motifs is 5. The van der Waals surface area contributed by atoms with Crippen molar-refractivity contribution in [2.24, 2.45) is 0 Å². The number of hydrogen-bond donors (Lipinski definition) is 0. The lowest BCUT2D eigenvalue weighted by molar-refractivity contribution is 0.104. The summed E-state index contributed by atoms with van der Waals surface area (Å²) < 4.78 is 0. The van der Waals surface area contributed by atoms with E-state index in [1.54, 1.807) is 6.07 Å². The third-order valence-electron chi connectivity index (χ3n) is 6.52. The Kier molecular flexibility index (Phi) is 4.71. The van der Waals surface area contributed by atoms with Gasteiger partial charge in [0.15, 0.2) is 5.78 Å². The summed E-state index contributed by atoms with van der Waals surface area (Å²) >= 11 is 6.24. The van der Waals surface area contributed by atoms with Gasteiger partial charge in [-0.3, -0.25) is 9.69 Å². The molecule has 1 aliphatic heterocycles. The molecule has 0 spiro atoms. The number of rotatable bonds is 3. The van der Waals surface area contributed by atoms with Crippen LogP contribution in [0.5, 0.6) is 0 Å². The van der Waals surface area contributed by atoms with Crippen molar-refractivity contribution in [3.05, 3.63) is 94.5 Å². The van der Waals surface area contributed by atoms with E-state index < -0.39 is 0 Å². The molecule has 3 aromatic carbocycles. The first-order valence-electron chi connectivity index (χ1n) is 11.0. The minimum absolute atomic E-state index is 0.0417. The van der Waals surface area contributed by atoms with Gasteiger partial charge in [0.25, 0.3) is 0 Å². The fourth-order valence-corrected chi connectivity index (χ4v) is 5.11. The van der Waals surface area contributed by atoms with Crippen molar-refractivity contribution in [2.45, 2.75) is 6.54 Å². The maximum absolute atomic E-state index is 13.4. The Morgan fingerprint density at radius 3 is 2.38 bits per heavy atom. The van der Waals surface area contributed by atoms with E-state index in [2.05, 4.69) is 40.1 Å². The van der Waals surface area contributed by atoms with Crippen molar-refractivity contribution in [1.82, 2.24) is 9.88 Å². The van der Waals surface area contributed by atoms with Gasteiger partial charge in [0.2, 0.25) is 0 Å². The number of carbonyl (C=O) groups excluding carboxylic acids is 1. The van der Waals surface area contributed by atoms with E-state index in [0.29, 0.717) is 10.6 Å². The fourth-order valence-electron chi connectivity index (χ4n) is 4.94. The highest BCUT2D eigenvalue weighted by Gasteiger charge is 2.34. The molecular formula is C27H22ClN3O. The maximum atomic E-state index is 13.4. The third kappa shape index (κ3) is 3.19. The molecule has 1 aromatic heterocycles. The summed E-state index contributed by atoms with van der Waals surface area (Å²) in [6, 6.07) is 24.1. The van der Waals surface area contributed by atoms with Gasteiger partial charge in [0.1, 0.15) is 5.82 Å². The van der Waals surface area contributed by atoms with Crippen LogP contribution in [-0.4, -0.2) is 41.8 Å². The number of ketones is 1. The van der Waals surface area contributed by atoms with Crippen LogP contribution in [0.2, 0.25) is 5.02 Å². The Bertz CT molecular complexity index is 1340. The first kappa shape index (κ1) is 19.5. The Hall–Kier alpha value is -3.21. The topological polar surface area (TPSA) is 36.4 Å². The number of benzene rings is 3. The summed E-state index contributed by atoms with van der Waals surface area (Å²) in [6.45, 7) is 4.63. The number of aromatic nitrogens is 1. The van der Waals surface area contributed by atoms with Crippen molar-refractivity contribution in [3.8, 4) is 11.1 Å². The number of nitrogens with zero attached hydrogens (tertiary/aromatic N) is 3. The highest BCUT2D eigenvalue weighted by Crippen LogP contribution is 2.45. The van der Waals surface area contributed by atoms with Crippen molar-refractivity contribution in [2.75, 3.05) is 31.1 Å². The minimum atomic E-state index is 0.0417. The highest BCUT2D eigenvalue weighted by atomic mass is 35.5. The molecule has 5 heteroatoms. The number of pyridine rings is 1. The highest BCUT2D eigenvalue weighted by molar-refractivity contribution is 6.33. The number of para-hydroxylation sites is 1. The van der Waals surface area contributed by atoms with Gasteiger partial charge in [-0.15, -0.1) is 0 Å². The zero-order chi connectivity index (χ0) is 21.7.